The number of fused-ring (bicyclic) bond motifs is 3. The van der Waals surface area contributed by atoms with Gasteiger partial charge < -0.3 is 25.0 Å². The summed E-state index contributed by atoms with van der Waals surface area (Å²) in [7, 11) is 1.67. The van der Waals surface area contributed by atoms with Crippen molar-refractivity contribution in [1.29, 1.82) is 0 Å². The lowest BCUT2D eigenvalue weighted by atomic mass is 9.59. The number of nitrogens with zero attached hydrogens (tertiary/aromatic N) is 1. The van der Waals surface area contributed by atoms with Crippen molar-refractivity contribution in [3.63, 3.8) is 0 Å². The quantitative estimate of drug-likeness (QED) is 0.574. The van der Waals surface area contributed by atoms with Crippen molar-refractivity contribution < 1.29 is 29.6 Å². The molecule has 1 amide bonds. The highest BCUT2D eigenvalue weighted by Crippen LogP contribution is 2.71. The number of aliphatic hydroxyl groups is 3. The number of carbonyl (C=O) groups is 2. The van der Waals surface area contributed by atoms with E-state index in [1.807, 2.05) is 6.92 Å². The summed E-state index contributed by atoms with van der Waals surface area (Å²) in [6.45, 7) is 7.55. The molecule has 176 valence electrons. The summed E-state index contributed by atoms with van der Waals surface area (Å²) >= 11 is 0. The molecule has 0 aromatic carbocycles. The Morgan fingerprint density at radius 1 is 1.31 bits per heavy atom. The maximum Gasteiger partial charge on any atom is 0.410 e. The zero-order chi connectivity index (χ0) is 23.4. The third-order valence-corrected chi connectivity index (χ3v) is 9.50. The summed E-state index contributed by atoms with van der Waals surface area (Å²) in [4.78, 5) is 28.6. The molecule has 5 rings (SSSR count). The molecular formula is C25H35NO6. The van der Waals surface area contributed by atoms with Crippen molar-refractivity contribution in [2.45, 2.75) is 70.8 Å². The van der Waals surface area contributed by atoms with E-state index < -0.39 is 41.8 Å². The van der Waals surface area contributed by atoms with Gasteiger partial charge in [0.1, 0.15) is 6.10 Å². The third kappa shape index (κ3) is 2.53. The first-order chi connectivity index (χ1) is 14.9. The number of ether oxygens (including phenoxy) is 1. The summed E-state index contributed by atoms with van der Waals surface area (Å²) < 4.78 is 5.83. The molecule has 5 aliphatic carbocycles. The van der Waals surface area contributed by atoms with E-state index in [0.29, 0.717) is 11.5 Å². The number of allylic oxidation sites excluding steroid dienone is 1. The minimum absolute atomic E-state index is 0.0170. The summed E-state index contributed by atoms with van der Waals surface area (Å²) in [5.74, 6) is -0.484. The number of rotatable bonds is 3. The highest BCUT2D eigenvalue weighted by molar-refractivity contribution is 5.95. The van der Waals surface area contributed by atoms with Gasteiger partial charge in [0.2, 0.25) is 0 Å². The van der Waals surface area contributed by atoms with Crippen LogP contribution < -0.4 is 0 Å². The molecule has 2 bridgehead atoms. The molecule has 0 aromatic rings. The average Bonchev–Trinajstić information content (AvgIpc) is 3.64. The number of Topliss-reactive ketones (excluding diaryl/α,β-unsaturated/α-hetero) is 1. The Bertz CT molecular complexity index is 935. The fourth-order valence-corrected chi connectivity index (χ4v) is 7.39. The van der Waals surface area contributed by atoms with Gasteiger partial charge in [-0.15, -0.1) is 0 Å². The Labute approximate surface area is 189 Å². The van der Waals surface area contributed by atoms with Crippen molar-refractivity contribution in [3.8, 4) is 0 Å². The van der Waals surface area contributed by atoms with E-state index in [2.05, 4.69) is 13.8 Å². The SMILES string of the molecule is CC1=CC23C(=O)[C@@H](C=C(CO)[C@@H](O)[C@]2(O)[C@H]1OC(=O)N(C)C1CC1)[C@H]1[C@@H](CC3C)C1(C)C. The second-order valence-corrected chi connectivity index (χ2v) is 11.5. The fourth-order valence-electron chi connectivity index (χ4n) is 7.39. The topological polar surface area (TPSA) is 107 Å². The van der Waals surface area contributed by atoms with E-state index in [0.717, 1.165) is 19.3 Å². The Balaban J connectivity index is 1.63. The zero-order valence-electron chi connectivity index (χ0n) is 19.5. The van der Waals surface area contributed by atoms with Gasteiger partial charge in [0.25, 0.3) is 0 Å². The molecule has 3 fully saturated rings. The summed E-state index contributed by atoms with van der Waals surface area (Å²) in [6, 6.07) is 0.126. The van der Waals surface area contributed by atoms with Gasteiger partial charge in [-0.1, -0.05) is 32.9 Å². The summed E-state index contributed by atoms with van der Waals surface area (Å²) in [6.07, 6.45) is 2.74. The lowest BCUT2D eigenvalue weighted by molar-refractivity contribution is -0.191. The largest absolute Gasteiger partial charge is 0.438 e. The van der Waals surface area contributed by atoms with Crippen LogP contribution >= 0.6 is 0 Å². The number of aliphatic hydroxyl groups excluding tert-OH is 2. The van der Waals surface area contributed by atoms with Crippen LogP contribution in [-0.4, -0.2) is 69.6 Å². The average molecular weight is 446 g/mol. The van der Waals surface area contributed by atoms with Crippen LogP contribution in [0.25, 0.3) is 0 Å². The van der Waals surface area contributed by atoms with Crippen LogP contribution in [0.5, 0.6) is 0 Å². The minimum Gasteiger partial charge on any atom is -0.438 e. The van der Waals surface area contributed by atoms with Crippen molar-refractivity contribution in [2.75, 3.05) is 13.7 Å². The molecule has 0 aliphatic heterocycles. The molecule has 0 radical (unpaired) electrons. The van der Waals surface area contributed by atoms with E-state index in [4.69, 9.17) is 4.74 Å². The smallest absolute Gasteiger partial charge is 0.410 e. The second kappa shape index (κ2) is 6.67. The van der Waals surface area contributed by atoms with Crippen LogP contribution in [0, 0.1) is 34.5 Å². The van der Waals surface area contributed by atoms with Crippen LogP contribution in [-0.2, 0) is 9.53 Å². The van der Waals surface area contributed by atoms with Gasteiger partial charge in [0.15, 0.2) is 17.5 Å². The van der Waals surface area contributed by atoms with Crippen LogP contribution in [0.2, 0.25) is 0 Å². The van der Waals surface area contributed by atoms with E-state index in [9.17, 15) is 24.9 Å². The number of amides is 1. The molecule has 7 heteroatoms. The molecule has 0 saturated heterocycles. The highest BCUT2D eigenvalue weighted by Gasteiger charge is 2.76. The number of ketones is 1. The molecule has 0 aromatic heterocycles. The summed E-state index contributed by atoms with van der Waals surface area (Å²) in [5.41, 5.74) is -2.68. The van der Waals surface area contributed by atoms with Crippen molar-refractivity contribution >= 4 is 11.9 Å². The number of hydrogen-bond donors (Lipinski definition) is 3. The molecule has 7 nitrogen and oxygen atoms in total. The molecule has 3 saturated carbocycles. The van der Waals surface area contributed by atoms with E-state index in [1.165, 1.54) is 4.90 Å². The van der Waals surface area contributed by atoms with Crippen LogP contribution in [0.15, 0.2) is 23.3 Å². The molecule has 2 unspecified atom stereocenters. The molecule has 3 N–H and O–H groups in total. The Hall–Kier alpha value is -1.70. The first-order valence-corrected chi connectivity index (χ1v) is 11.8. The van der Waals surface area contributed by atoms with E-state index in [-0.39, 0.29) is 34.6 Å². The van der Waals surface area contributed by atoms with Crippen molar-refractivity contribution in [3.05, 3.63) is 23.3 Å². The van der Waals surface area contributed by atoms with Gasteiger partial charge in [-0.05, 0) is 60.5 Å². The third-order valence-electron chi connectivity index (χ3n) is 9.50. The molecule has 8 atom stereocenters. The minimum atomic E-state index is -2.07. The monoisotopic (exact) mass is 445 g/mol. The molecule has 5 aliphatic rings. The normalized spacial score (nSPS) is 46.2. The molecule has 32 heavy (non-hydrogen) atoms. The fraction of sp³-hybridized carbons (Fsp3) is 0.760. The van der Waals surface area contributed by atoms with Gasteiger partial charge in [-0.3, -0.25) is 4.79 Å². The zero-order valence-corrected chi connectivity index (χ0v) is 19.5. The lowest BCUT2D eigenvalue weighted by Crippen LogP contribution is -2.66. The summed E-state index contributed by atoms with van der Waals surface area (Å²) in [5, 5.41) is 33.9. The molecule has 0 heterocycles. The van der Waals surface area contributed by atoms with Gasteiger partial charge >= 0.3 is 6.09 Å². The van der Waals surface area contributed by atoms with E-state index >= 15 is 0 Å². The lowest BCUT2D eigenvalue weighted by Gasteiger charge is -2.48. The maximum atomic E-state index is 14.2. The van der Waals surface area contributed by atoms with Gasteiger partial charge in [0.05, 0.1) is 12.0 Å². The molecular weight excluding hydrogens is 410 g/mol. The second-order valence-electron chi connectivity index (χ2n) is 11.5. The van der Waals surface area contributed by atoms with Crippen LogP contribution in [0.3, 0.4) is 0 Å². The first-order valence-electron chi connectivity index (χ1n) is 11.8. The van der Waals surface area contributed by atoms with Crippen molar-refractivity contribution in [2.24, 2.45) is 34.5 Å². The first kappa shape index (κ1) is 22.1. The number of hydrogen-bond acceptors (Lipinski definition) is 6. The van der Waals surface area contributed by atoms with Crippen LogP contribution in [0.4, 0.5) is 4.79 Å². The van der Waals surface area contributed by atoms with Gasteiger partial charge in [0, 0.05) is 19.0 Å². The molecule has 1 spiro atoms. The van der Waals surface area contributed by atoms with Crippen LogP contribution in [0.1, 0.15) is 47.0 Å². The Kier molecular flexibility index (Phi) is 4.61. The Morgan fingerprint density at radius 2 is 1.97 bits per heavy atom. The highest BCUT2D eigenvalue weighted by atomic mass is 16.6. The van der Waals surface area contributed by atoms with Crippen molar-refractivity contribution in [1.82, 2.24) is 4.90 Å². The van der Waals surface area contributed by atoms with Gasteiger partial charge in [-0.25, -0.2) is 4.79 Å². The number of carbonyl (C=O) groups excluding carboxylic acids is 2. The van der Waals surface area contributed by atoms with Gasteiger partial charge in [-0.2, -0.15) is 0 Å². The maximum absolute atomic E-state index is 14.2. The standard InChI is InChI=1S/C25H35NO6/c1-12-10-24-13(2)8-17-18(23(17,3)4)16(20(24)29)9-14(11-27)19(28)25(24,31)21(12)32-22(30)26(5)15-6-7-15/h9-10,13,15-19,21,27-28,31H,6-8,11H2,1-5H3/t13?,16-,17+,18-,19+,21-,24?,25-/m0/s1. The Morgan fingerprint density at radius 3 is 2.56 bits per heavy atom. The predicted molar refractivity (Wildman–Crippen MR) is 116 cm³/mol. The predicted octanol–water partition coefficient (Wildman–Crippen LogP) is 2.05. The van der Waals surface area contributed by atoms with E-state index in [1.54, 1.807) is 26.1 Å².